The SMILES string of the molecule is CC(C)[C@H](C(=O)OCC(=O)Nc1ccc(Cl)cc1)N1C(=O)[C@H]2[C@H]3CC[C@@H](C3)[C@@H]2C1=O. The number of nitrogens with one attached hydrogen (secondary N) is 1. The smallest absolute Gasteiger partial charge is 0.330 e. The molecule has 3 fully saturated rings. The first-order valence-electron chi connectivity index (χ1n) is 10.4. The highest BCUT2D eigenvalue weighted by Crippen LogP contribution is 2.56. The van der Waals surface area contributed by atoms with Crippen molar-refractivity contribution in [2.45, 2.75) is 39.2 Å². The number of amides is 3. The molecule has 1 heterocycles. The van der Waals surface area contributed by atoms with Crippen LogP contribution in [-0.2, 0) is 23.9 Å². The molecule has 7 nitrogen and oxygen atoms in total. The lowest BCUT2D eigenvalue weighted by Crippen LogP contribution is -2.50. The molecule has 3 aliphatic rings. The average Bonchev–Trinajstić information content (AvgIpc) is 3.38. The van der Waals surface area contributed by atoms with Crippen LogP contribution in [0.5, 0.6) is 0 Å². The molecule has 2 saturated carbocycles. The Labute approximate surface area is 180 Å². The van der Waals surface area contributed by atoms with E-state index in [1.807, 2.05) is 0 Å². The first-order chi connectivity index (χ1) is 14.3. The minimum absolute atomic E-state index is 0.246. The average molecular weight is 433 g/mol. The molecular formula is C22H25ClN2O5. The third kappa shape index (κ3) is 3.60. The van der Waals surface area contributed by atoms with Crippen molar-refractivity contribution in [3.8, 4) is 0 Å². The number of hydrogen-bond acceptors (Lipinski definition) is 5. The van der Waals surface area contributed by atoms with Crippen LogP contribution in [0.1, 0.15) is 33.1 Å². The van der Waals surface area contributed by atoms with Crippen LogP contribution in [0, 0.1) is 29.6 Å². The third-order valence-electron chi connectivity index (χ3n) is 6.59. The van der Waals surface area contributed by atoms with Gasteiger partial charge in [0.25, 0.3) is 5.91 Å². The fraction of sp³-hybridized carbons (Fsp3) is 0.545. The van der Waals surface area contributed by atoms with E-state index >= 15 is 0 Å². The number of imide groups is 1. The van der Waals surface area contributed by atoms with E-state index in [9.17, 15) is 19.2 Å². The van der Waals surface area contributed by atoms with Gasteiger partial charge in [-0.2, -0.15) is 0 Å². The second-order valence-electron chi connectivity index (χ2n) is 8.78. The van der Waals surface area contributed by atoms with Crippen molar-refractivity contribution in [2.24, 2.45) is 29.6 Å². The minimum Gasteiger partial charge on any atom is -0.454 e. The lowest BCUT2D eigenvalue weighted by atomic mass is 9.81. The zero-order chi connectivity index (χ0) is 21.6. The molecule has 1 aromatic rings. The second kappa shape index (κ2) is 8.02. The highest BCUT2D eigenvalue weighted by molar-refractivity contribution is 6.30. The Hall–Kier alpha value is -2.41. The summed E-state index contributed by atoms with van der Waals surface area (Å²) >= 11 is 5.82. The first-order valence-corrected chi connectivity index (χ1v) is 10.7. The van der Waals surface area contributed by atoms with Crippen LogP contribution in [-0.4, -0.2) is 41.2 Å². The topological polar surface area (TPSA) is 92.8 Å². The number of hydrogen-bond donors (Lipinski definition) is 1. The molecule has 4 rings (SSSR count). The van der Waals surface area contributed by atoms with Crippen LogP contribution in [0.2, 0.25) is 5.02 Å². The molecule has 160 valence electrons. The van der Waals surface area contributed by atoms with Gasteiger partial charge in [-0.1, -0.05) is 25.4 Å². The molecule has 0 spiro atoms. The monoisotopic (exact) mass is 432 g/mol. The molecule has 1 aromatic carbocycles. The van der Waals surface area contributed by atoms with Gasteiger partial charge in [-0.15, -0.1) is 0 Å². The van der Waals surface area contributed by atoms with Crippen LogP contribution >= 0.6 is 11.6 Å². The highest BCUT2D eigenvalue weighted by atomic mass is 35.5. The number of likely N-dealkylation sites (tertiary alicyclic amines) is 1. The van der Waals surface area contributed by atoms with Gasteiger partial charge in [0.05, 0.1) is 11.8 Å². The zero-order valence-corrected chi connectivity index (χ0v) is 17.7. The van der Waals surface area contributed by atoms with Gasteiger partial charge in [-0.05, 0) is 61.3 Å². The number of anilines is 1. The Morgan fingerprint density at radius 1 is 1.10 bits per heavy atom. The predicted octanol–water partition coefficient (Wildman–Crippen LogP) is 2.88. The standard InChI is InChI=1S/C22H25ClN2O5/c1-11(2)19(22(29)30-10-16(26)24-15-7-5-14(23)6-8-15)25-20(27)17-12-3-4-13(9-12)18(17)21(25)28/h5-8,11-13,17-19H,3-4,9-10H2,1-2H3,(H,24,26)/t12-,13-,17-,18-,19+/m0/s1. The van der Waals surface area contributed by atoms with Crippen molar-refractivity contribution in [3.05, 3.63) is 29.3 Å². The number of esters is 1. The van der Waals surface area contributed by atoms with Crippen molar-refractivity contribution >= 4 is 41.0 Å². The van der Waals surface area contributed by atoms with Gasteiger partial charge in [0.1, 0.15) is 6.04 Å². The number of benzene rings is 1. The lowest BCUT2D eigenvalue weighted by Gasteiger charge is -2.28. The maximum atomic E-state index is 13.1. The molecule has 0 unspecified atom stereocenters. The molecule has 2 aliphatic carbocycles. The van der Waals surface area contributed by atoms with E-state index in [0.29, 0.717) is 10.7 Å². The van der Waals surface area contributed by atoms with Crippen molar-refractivity contribution < 1.29 is 23.9 Å². The van der Waals surface area contributed by atoms with E-state index in [2.05, 4.69) is 5.32 Å². The fourth-order valence-corrected chi connectivity index (χ4v) is 5.46. The van der Waals surface area contributed by atoms with Crippen LogP contribution in [0.15, 0.2) is 24.3 Å². The first kappa shape index (κ1) is 20.8. The summed E-state index contributed by atoms with van der Waals surface area (Å²) in [6.45, 7) is 3.03. The molecule has 1 N–H and O–H groups in total. The molecule has 0 radical (unpaired) electrons. The number of carbonyl (C=O) groups excluding carboxylic acids is 4. The Balaban J connectivity index is 1.41. The van der Waals surface area contributed by atoms with Gasteiger partial charge in [0.15, 0.2) is 6.61 Å². The van der Waals surface area contributed by atoms with Crippen LogP contribution in [0.4, 0.5) is 5.69 Å². The third-order valence-corrected chi connectivity index (χ3v) is 6.84. The number of fused-ring (bicyclic) bond motifs is 5. The predicted molar refractivity (Wildman–Crippen MR) is 109 cm³/mol. The van der Waals surface area contributed by atoms with Crippen LogP contribution in [0.25, 0.3) is 0 Å². The summed E-state index contributed by atoms with van der Waals surface area (Å²) < 4.78 is 5.20. The van der Waals surface area contributed by atoms with Crippen LogP contribution < -0.4 is 5.32 Å². The molecule has 3 amide bonds. The molecule has 1 saturated heterocycles. The molecule has 2 bridgehead atoms. The van der Waals surface area contributed by atoms with E-state index in [-0.39, 0.29) is 41.4 Å². The summed E-state index contributed by atoms with van der Waals surface area (Å²) in [5, 5.41) is 3.15. The quantitative estimate of drug-likeness (QED) is 0.551. The number of rotatable bonds is 6. The van der Waals surface area contributed by atoms with Crippen molar-refractivity contribution in [3.63, 3.8) is 0 Å². The second-order valence-corrected chi connectivity index (χ2v) is 9.22. The molecule has 5 atom stereocenters. The summed E-state index contributed by atoms with van der Waals surface area (Å²) in [6, 6.07) is 5.51. The molecular weight excluding hydrogens is 408 g/mol. The molecule has 8 heteroatoms. The molecule has 0 aromatic heterocycles. The van der Waals surface area contributed by atoms with Gasteiger partial charge >= 0.3 is 5.97 Å². The van der Waals surface area contributed by atoms with E-state index in [1.54, 1.807) is 38.1 Å². The lowest BCUT2D eigenvalue weighted by molar-refractivity contribution is -0.162. The van der Waals surface area contributed by atoms with Crippen molar-refractivity contribution in [1.29, 1.82) is 0 Å². The summed E-state index contributed by atoms with van der Waals surface area (Å²) in [5.41, 5.74) is 0.522. The number of ether oxygens (including phenoxy) is 1. The number of halogens is 1. The number of carbonyl (C=O) groups is 4. The summed E-state index contributed by atoms with van der Waals surface area (Å²) in [4.78, 5) is 52.2. The van der Waals surface area contributed by atoms with E-state index in [4.69, 9.17) is 16.3 Å². The summed E-state index contributed by atoms with van der Waals surface area (Å²) in [6.07, 6.45) is 2.88. The van der Waals surface area contributed by atoms with Crippen molar-refractivity contribution in [1.82, 2.24) is 4.90 Å². The maximum absolute atomic E-state index is 13.1. The Kier molecular flexibility index (Phi) is 5.57. The Morgan fingerprint density at radius 2 is 1.67 bits per heavy atom. The highest BCUT2D eigenvalue weighted by Gasteiger charge is 2.62. The largest absolute Gasteiger partial charge is 0.454 e. The maximum Gasteiger partial charge on any atom is 0.330 e. The van der Waals surface area contributed by atoms with Gasteiger partial charge in [-0.25, -0.2) is 4.79 Å². The summed E-state index contributed by atoms with van der Waals surface area (Å²) in [7, 11) is 0. The minimum atomic E-state index is -1.02. The molecule has 1 aliphatic heterocycles. The van der Waals surface area contributed by atoms with Crippen molar-refractivity contribution in [2.75, 3.05) is 11.9 Å². The number of nitrogens with zero attached hydrogens (tertiary/aromatic N) is 1. The summed E-state index contributed by atoms with van der Waals surface area (Å²) in [5.74, 6) is -2.16. The van der Waals surface area contributed by atoms with Gasteiger partial charge in [0.2, 0.25) is 11.8 Å². The van der Waals surface area contributed by atoms with E-state index < -0.39 is 24.5 Å². The van der Waals surface area contributed by atoms with Gasteiger partial charge in [0, 0.05) is 10.7 Å². The normalized spacial score (nSPS) is 28.1. The fourth-order valence-electron chi connectivity index (χ4n) is 5.33. The Morgan fingerprint density at radius 3 is 2.20 bits per heavy atom. The van der Waals surface area contributed by atoms with Gasteiger partial charge < -0.3 is 10.1 Å². The zero-order valence-electron chi connectivity index (χ0n) is 17.0. The van der Waals surface area contributed by atoms with E-state index in [0.717, 1.165) is 24.2 Å². The van der Waals surface area contributed by atoms with Crippen LogP contribution in [0.3, 0.4) is 0 Å². The Bertz CT molecular complexity index is 856. The van der Waals surface area contributed by atoms with E-state index in [1.165, 1.54) is 0 Å². The molecule has 30 heavy (non-hydrogen) atoms. The van der Waals surface area contributed by atoms with Gasteiger partial charge in [-0.3, -0.25) is 19.3 Å².